The number of ketones is 1. The summed E-state index contributed by atoms with van der Waals surface area (Å²) in [5.41, 5.74) is 1.36. The highest BCUT2D eigenvalue weighted by molar-refractivity contribution is 6.02. The largest absolute Gasteiger partial charge is 0.371 e. The normalized spacial score (nSPS) is 15.8. The van der Waals surface area contributed by atoms with Crippen LogP contribution in [0.4, 0.5) is 10.1 Å². The van der Waals surface area contributed by atoms with E-state index in [1.165, 1.54) is 18.6 Å². The van der Waals surface area contributed by atoms with Crippen LogP contribution >= 0.6 is 0 Å². The predicted octanol–water partition coefficient (Wildman–Crippen LogP) is 2.22. The minimum Gasteiger partial charge on any atom is -0.371 e. The van der Waals surface area contributed by atoms with Crippen molar-refractivity contribution in [3.63, 3.8) is 0 Å². The number of carbonyl (C=O) groups excluding carboxylic acids is 1. The van der Waals surface area contributed by atoms with Crippen molar-refractivity contribution in [3.8, 4) is 0 Å². The van der Waals surface area contributed by atoms with Gasteiger partial charge in [-0.1, -0.05) is 0 Å². The molecule has 1 aromatic carbocycles. The van der Waals surface area contributed by atoms with Crippen LogP contribution in [0.25, 0.3) is 0 Å². The molecule has 0 atom stereocenters. The van der Waals surface area contributed by atoms with Gasteiger partial charge in [-0.3, -0.25) is 4.79 Å². The summed E-state index contributed by atoms with van der Waals surface area (Å²) in [5, 5.41) is 2.83. The molecule has 1 fully saturated rings. The third-order valence-electron chi connectivity index (χ3n) is 3.29. The lowest BCUT2D eigenvalue weighted by molar-refractivity contribution is 0.0993. The number of benzene rings is 1. The summed E-state index contributed by atoms with van der Waals surface area (Å²) < 4.78 is 13.3. The Balaban J connectivity index is 2.30. The molecule has 18 heavy (non-hydrogen) atoms. The van der Waals surface area contributed by atoms with Gasteiger partial charge in [0.25, 0.3) is 0 Å². The van der Waals surface area contributed by atoms with Crippen LogP contribution in [0.3, 0.4) is 0 Å². The maximum atomic E-state index is 13.3. The Labute approximate surface area is 107 Å². The minimum absolute atomic E-state index is 0.0578. The summed E-state index contributed by atoms with van der Waals surface area (Å²) in [6.45, 7) is 2.14. The molecule has 0 spiro atoms. The fourth-order valence-corrected chi connectivity index (χ4v) is 2.40. The fourth-order valence-electron chi connectivity index (χ4n) is 2.40. The SMILES string of the molecule is CNCC(=O)c1cc(F)ccc1N1CCCCC1. The number of Topliss-reactive ketones (excluding diaryl/α,β-unsaturated/α-hetero) is 1. The maximum Gasteiger partial charge on any atom is 0.178 e. The molecule has 1 N–H and O–H groups in total. The van der Waals surface area contributed by atoms with Crippen LogP contribution in [0.1, 0.15) is 29.6 Å². The van der Waals surface area contributed by atoms with Crippen molar-refractivity contribution >= 4 is 11.5 Å². The zero-order chi connectivity index (χ0) is 13.0. The third-order valence-corrected chi connectivity index (χ3v) is 3.29. The second-order valence-electron chi connectivity index (χ2n) is 4.66. The Morgan fingerprint density at radius 3 is 2.72 bits per heavy atom. The quantitative estimate of drug-likeness (QED) is 0.832. The first-order valence-electron chi connectivity index (χ1n) is 6.44. The highest BCUT2D eigenvalue weighted by atomic mass is 19.1. The lowest BCUT2D eigenvalue weighted by Crippen LogP contribution is -2.31. The van der Waals surface area contributed by atoms with Crippen molar-refractivity contribution in [2.75, 3.05) is 31.6 Å². The molecule has 98 valence electrons. The van der Waals surface area contributed by atoms with Crippen molar-refractivity contribution in [1.82, 2.24) is 5.32 Å². The molecule has 0 aromatic heterocycles. The van der Waals surface area contributed by atoms with Crippen LogP contribution in [0.2, 0.25) is 0 Å². The molecular weight excluding hydrogens is 231 g/mol. The van der Waals surface area contributed by atoms with Gasteiger partial charge in [-0.15, -0.1) is 0 Å². The summed E-state index contributed by atoms with van der Waals surface area (Å²) in [6.07, 6.45) is 3.51. The zero-order valence-corrected chi connectivity index (χ0v) is 10.7. The van der Waals surface area contributed by atoms with E-state index in [0.29, 0.717) is 5.56 Å². The number of hydrogen-bond donors (Lipinski definition) is 1. The summed E-state index contributed by atoms with van der Waals surface area (Å²) in [4.78, 5) is 14.2. The Morgan fingerprint density at radius 2 is 2.06 bits per heavy atom. The molecule has 1 aliphatic heterocycles. The monoisotopic (exact) mass is 250 g/mol. The van der Waals surface area contributed by atoms with Gasteiger partial charge < -0.3 is 10.2 Å². The van der Waals surface area contributed by atoms with E-state index < -0.39 is 0 Å². The minimum atomic E-state index is -0.352. The molecular formula is C14H19FN2O. The van der Waals surface area contributed by atoms with Crippen LogP contribution in [0.5, 0.6) is 0 Å². The summed E-state index contributed by atoms with van der Waals surface area (Å²) in [6, 6.07) is 4.51. The van der Waals surface area contributed by atoms with Crippen molar-refractivity contribution in [3.05, 3.63) is 29.6 Å². The molecule has 0 radical (unpaired) electrons. The molecule has 4 heteroatoms. The summed E-state index contributed by atoms with van der Waals surface area (Å²) in [5.74, 6) is -0.409. The smallest absolute Gasteiger partial charge is 0.178 e. The van der Waals surface area contributed by atoms with E-state index in [4.69, 9.17) is 0 Å². The van der Waals surface area contributed by atoms with Gasteiger partial charge in [-0.05, 0) is 44.5 Å². The molecule has 1 heterocycles. The number of rotatable bonds is 4. The maximum absolute atomic E-state index is 13.3. The average Bonchev–Trinajstić information content (AvgIpc) is 2.40. The van der Waals surface area contributed by atoms with Gasteiger partial charge in [0.05, 0.1) is 6.54 Å². The molecule has 1 aliphatic rings. The molecule has 0 unspecified atom stereocenters. The first kappa shape index (κ1) is 13.0. The van der Waals surface area contributed by atoms with Gasteiger partial charge in [0.1, 0.15) is 5.82 Å². The van der Waals surface area contributed by atoms with Crippen LogP contribution in [0, 0.1) is 5.82 Å². The molecule has 0 bridgehead atoms. The molecule has 1 aromatic rings. The number of carbonyl (C=O) groups is 1. The first-order valence-corrected chi connectivity index (χ1v) is 6.44. The zero-order valence-electron chi connectivity index (χ0n) is 10.7. The summed E-state index contributed by atoms with van der Waals surface area (Å²) in [7, 11) is 1.72. The molecule has 0 saturated carbocycles. The predicted molar refractivity (Wildman–Crippen MR) is 70.7 cm³/mol. The second-order valence-corrected chi connectivity index (χ2v) is 4.66. The number of piperidine rings is 1. The lowest BCUT2D eigenvalue weighted by atomic mass is 10.0. The van der Waals surface area contributed by atoms with Gasteiger partial charge in [0, 0.05) is 24.3 Å². The lowest BCUT2D eigenvalue weighted by Gasteiger charge is -2.30. The van der Waals surface area contributed by atoms with Gasteiger partial charge in [0.15, 0.2) is 5.78 Å². The number of likely N-dealkylation sites (N-methyl/N-ethyl adjacent to an activating group) is 1. The fraction of sp³-hybridized carbons (Fsp3) is 0.500. The van der Waals surface area contributed by atoms with Crippen LogP contribution in [-0.4, -0.2) is 32.5 Å². The molecule has 3 nitrogen and oxygen atoms in total. The number of halogens is 1. The van der Waals surface area contributed by atoms with Crippen molar-refractivity contribution < 1.29 is 9.18 Å². The topological polar surface area (TPSA) is 32.3 Å². The van der Waals surface area contributed by atoms with Gasteiger partial charge in [-0.25, -0.2) is 4.39 Å². The average molecular weight is 250 g/mol. The molecule has 2 rings (SSSR count). The van der Waals surface area contributed by atoms with E-state index in [1.807, 2.05) is 0 Å². The van der Waals surface area contributed by atoms with E-state index in [0.717, 1.165) is 31.6 Å². The Kier molecular flexibility index (Phi) is 4.31. The Hall–Kier alpha value is -1.42. The standard InChI is InChI=1S/C14H19FN2O/c1-16-10-14(18)12-9-11(15)5-6-13(12)17-7-3-2-4-8-17/h5-6,9,16H,2-4,7-8,10H2,1H3. The van der Waals surface area contributed by atoms with Crippen LogP contribution < -0.4 is 10.2 Å². The second kappa shape index (κ2) is 5.96. The van der Waals surface area contributed by atoms with E-state index in [-0.39, 0.29) is 18.1 Å². The molecule has 1 saturated heterocycles. The van der Waals surface area contributed by atoms with E-state index in [1.54, 1.807) is 13.1 Å². The highest BCUT2D eigenvalue weighted by Crippen LogP contribution is 2.25. The van der Waals surface area contributed by atoms with Gasteiger partial charge >= 0.3 is 0 Å². The van der Waals surface area contributed by atoms with Gasteiger partial charge in [-0.2, -0.15) is 0 Å². The first-order chi connectivity index (χ1) is 8.72. The highest BCUT2D eigenvalue weighted by Gasteiger charge is 2.18. The van der Waals surface area contributed by atoms with E-state index in [2.05, 4.69) is 10.2 Å². The van der Waals surface area contributed by atoms with Crippen molar-refractivity contribution in [1.29, 1.82) is 0 Å². The van der Waals surface area contributed by atoms with E-state index in [9.17, 15) is 9.18 Å². The van der Waals surface area contributed by atoms with Crippen molar-refractivity contribution in [2.24, 2.45) is 0 Å². The number of nitrogens with one attached hydrogen (secondary N) is 1. The van der Waals surface area contributed by atoms with Crippen molar-refractivity contribution in [2.45, 2.75) is 19.3 Å². The Morgan fingerprint density at radius 1 is 1.33 bits per heavy atom. The molecule has 0 amide bonds. The van der Waals surface area contributed by atoms with E-state index >= 15 is 0 Å². The third kappa shape index (κ3) is 2.88. The molecule has 0 aliphatic carbocycles. The van der Waals surface area contributed by atoms with Crippen LogP contribution in [0.15, 0.2) is 18.2 Å². The number of nitrogens with zero attached hydrogens (tertiary/aromatic N) is 1. The number of anilines is 1. The van der Waals surface area contributed by atoms with Crippen LogP contribution in [-0.2, 0) is 0 Å². The number of hydrogen-bond acceptors (Lipinski definition) is 3. The Bertz CT molecular complexity index is 428. The summed E-state index contributed by atoms with van der Waals surface area (Å²) >= 11 is 0. The van der Waals surface area contributed by atoms with Gasteiger partial charge in [0.2, 0.25) is 0 Å².